The van der Waals surface area contributed by atoms with Crippen molar-refractivity contribution >= 4 is 11.4 Å². The third kappa shape index (κ3) is 5.68. The van der Waals surface area contributed by atoms with Gasteiger partial charge < -0.3 is 5.32 Å². The minimum atomic E-state index is 1.06. The second-order valence-corrected chi connectivity index (χ2v) is 9.86. The summed E-state index contributed by atoms with van der Waals surface area (Å²) < 4.78 is 0. The summed E-state index contributed by atoms with van der Waals surface area (Å²) in [7, 11) is 0. The van der Waals surface area contributed by atoms with Crippen LogP contribution in [0.4, 0.5) is 11.4 Å². The zero-order valence-corrected chi connectivity index (χ0v) is 22.1. The molecule has 0 heterocycles. The molecule has 0 fully saturated rings. The van der Waals surface area contributed by atoms with Gasteiger partial charge in [0.25, 0.3) is 0 Å². The highest BCUT2D eigenvalue weighted by molar-refractivity contribution is 5.78. The van der Waals surface area contributed by atoms with Crippen molar-refractivity contribution in [3.05, 3.63) is 157 Å². The number of hydrogen-bond donors (Lipinski definition) is 1. The Kier molecular flexibility index (Phi) is 7.05. The molecular weight excluding hydrogens is 470 g/mol. The number of nitrogens with one attached hydrogen (secondary N) is 1. The molecule has 0 aromatic heterocycles. The Labute approximate surface area is 231 Å². The summed E-state index contributed by atoms with van der Waals surface area (Å²) in [6.07, 6.45) is 1.06. The van der Waals surface area contributed by atoms with E-state index in [1.165, 1.54) is 50.1 Å². The fourth-order valence-electron chi connectivity index (χ4n) is 5.04. The van der Waals surface area contributed by atoms with Gasteiger partial charge in [-0.2, -0.15) is 0 Å². The molecule has 0 aliphatic rings. The highest BCUT2D eigenvalue weighted by Gasteiger charge is 2.06. The highest BCUT2D eigenvalue weighted by atomic mass is 14.9. The summed E-state index contributed by atoms with van der Waals surface area (Å²) in [4.78, 5) is 0. The maximum absolute atomic E-state index is 3.63. The van der Waals surface area contributed by atoms with E-state index in [4.69, 9.17) is 0 Å². The summed E-state index contributed by atoms with van der Waals surface area (Å²) in [6.45, 7) is 2.19. The van der Waals surface area contributed by atoms with E-state index in [9.17, 15) is 0 Å². The van der Waals surface area contributed by atoms with Crippen molar-refractivity contribution in [2.24, 2.45) is 0 Å². The third-order valence-corrected chi connectivity index (χ3v) is 7.21. The summed E-state index contributed by atoms with van der Waals surface area (Å²) >= 11 is 0. The van der Waals surface area contributed by atoms with E-state index in [0.29, 0.717) is 0 Å². The lowest BCUT2D eigenvalue weighted by Crippen LogP contribution is -1.91. The summed E-state index contributed by atoms with van der Waals surface area (Å²) in [6, 6.07) is 54.2. The Morgan fingerprint density at radius 1 is 0.359 bits per heavy atom. The molecule has 0 amide bonds. The van der Waals surface area contributed by atoms with Gasteiger partial charge in [-0.3, -0.25) is 0 Å². The maximum atomic E-state index is 3.63. The quantitative estimate of drug-likeness (QED) is 0.229. The number of aryl methyl sites for hydroxylation is 1. The number of benzene rings is 6. The van der Waals surface area contributed by atoms with Gasteiger partial charge in [-0.05, 0) is 92.9 Å². The lowest BCUT2D eigenvalue weighted by atomic mass is 9.98. The Bertz CT molecular complexity index is 1700. The molecule has 0 unspecified atom stereocenters. The van der Waals surface area contributed by atoms with Crippen LogP contribution in [-0.2, 0) is 6.42 Å². The molecule has 0 saturated heterocycles. The molecule has 0 aliphatic heterocycles. The van der Waals surface area contributed by atoms with Crippen LogP contribution >= 0.6 is 0 Å². The smallest absolute Gasteiger partial charge is 0.0390 e. The van der Waals surface area contributed by atoms with Crippen LogP contribution in [0.1, 0.15) is 12.5 Å². The topological polar surface area (TPSA) is 12.0 Å². The van der Waals surface area contributed by atoms with E-state index in [1.54, 1.807) is 0 Å². The minimum absolute atomic E-state index is 1.06. The fraction of sp³-hybridized carbons (Fsp3) is 0.0526. The predicted octanol–water partition coefficient (Wildman–Crippen LogP) is 10.7. The van der Waals surface area contributed by atoms with Gasteiger partial charge in [0.05, 0.1) is 0 Å². The largest absolute Gasteiger partial charge is 0.355 e. The first kappa shape index (κ1) is 24.5. The van der Waals surface area contributed by atoms with E-state index in [1.807, 2.05) is 0 Å². The molecule has 0 spiro atoms. The highest BCUT2D eigenvalue weighted by Crippen LogP contribution is 2.31. The van der Waals surface area contributed by atoms with Crippen LogP contribution in [0, 0.1) is 0 Å². The SMILES string of the molecule is CCc1ccc(-c2cccc(-c3cccc(Nc4cccc(-c5cccc(-c6ccccc6)c5)c4)c3)c2)cc1. The van der Waals surface area contributed by atoms with Gasteiger partial charge in [-0.25, -0.2) is 0 Å². The van der Waals surface area contributed by atoms with Crippen molar-refractivity contribution in [1.29, 1.82) is 0 Å². The van der Waals surface area contributed by atoms with Crippen LogP contribution in [0.2, 0.25) is 0 Å². The molecule has 0 radical (unpaired) electrons. The normalized spacial score (nSPS) is 10.8. The standard InChI is InChI=1S/C38H31N/c1-2-28-20-22-30(23-21-28)32-13-7-15-34(25-32)36-17-9-19-38(27-36)39-37-18-8-16-35(26-37)33-14-6-12-31(24-33)29-10-4-3-5-11-29/h3-27,39H,2H2,1H3. The first-order chi connectivity index (χ1) is 19.2. The minimum Gasteiger partial charge on any atom is -0.355 e. The van der Waals surface area contributed by atoms with Crippen molar-refractivity contribution in [2.75, 3.05) is 5.32 Å². The maximum Gasteiger partial charge on any atom is 0.0390 e. The van der Waals surface area contributed by atoms with Crippen LogP contribution in [-0.4, -0.2) is 0 Å². The molecule has 0 atom stereocenters. The summed E-state index contributed by atoms with van der Waals surface area (Å²) in [5.41, 5.74) is 13.2. The van der Waals surface area contributed by atoms with Gasteiger partial charge >= 0.3 is 0 Å². The van der Waals surface area contributed by atoms with Crippen LogP contribution in [0.5, 0.6) is 0 Å². The molecule has 6 aromatic rings. The van der Waals surface area contributed by atoms with Crippen LogP contribution in [0.25, 0.3) is 44.5 Å². The van der Waals surface area contributed by atoms with Crippen molar-refractivity contribution in [3.63, 3.8) is 0 Å². The number of rotatable bonds is 7. The third-order valence-electron chi connectivity index (χ3n) is 7.21. The molecule has 6 rings (SSSR count). The Hall–Kier alpha value is -4.88. The molecule has 39 heavy (non-hydrogen) atoms. The van der Waals surface area contributed by atoms with E-state index >= 15 is 0 Å². The Morgan fingerprint density at radius 3 is 1.23 bits per heavy atom. The average Bonchev–Trinajstić information content (AvgIpc) is 3.02. The molecular formula is C38H31N. The van der Waals surface area contributed by atoms with Gasteiger partial charge in [0.1, 0.15) is 0 Å². The second-order valence-electron chi connectivity index (χ2n) is 9.86. The number of hydrogen-bond acceptors (Lipinski definition) is 1. The first-order valence-electron chi connectivity index (χ1n) is 13.6. The average molecular weight is 502 g/mol. The first-order valence-corrected chi connectivity index (χ1v) is 13.6. The van der Waals surface area contributed by atoms with Gasteiger partial charge in [0.2, 0.25) is 0 Å². The van der Waals surface area contributed by atoms with E-state index in [0.717, 1.165) is 17.8 Å². The molecule has 0 saturated carbocycles. The van der Waals surface area contributed by atoms with Crippen molar-refractivity contribution in [2.45, 2.75) is 13.3 Å². The fourth-order valence-corrected chi connectivity index (χ4v) is 5.04. The van der Waals surface area contributed by atoms with Crippen LogP contribution in [0.15, 0.2) is 152 Å². The molecule has 0 bridgehead atoms. The molecule has 1 N–H and O–H groups in total. The van der Waals surface area contributed by atoms with Crippen molar-refractivity contribution in [1.82, 2.24) is 0 Å². The van der Waals surface area contributed by atoms with E-state index in [-0.39, 0.29) is 0 Å². The zero-order chi connectivity index (χ0) is 26.4. The summed E-state index contributed by atoms with van der Waals surface area (Å²) in [5, 5.41) is 3.63. The van der Waals surface area contributed by atoms with E-state index in [2.05, 4.69) is 164 Å². The lowest BCUT2D eigenvalue weighted by Gasteiger charge is -2.12. The lowest BCUT2D eigenvalue weighted by molar-refractivity contribution is 1.14. The van der Waals surface area contributed by atoms with Crippen LogP contribution in [0.3, 0.4) is 0 Å². The monoisotopic (exact) mass is 501 g/mol. The van der Waals surface area contributed by atoms with E-state index < -0.39 is 0 Å². The van der Waals surface area contributed by atoms with Gasteiger partial charge in [0, 0.05) is 11.4 Å². The second kappa shape index (κ2) is 11.2. The molecule has 1 nitrogen and oxygen atoms in total. The Morgan fingerprint density at radius 2 is 0.744 bits per heavy atom. The Balaban J connectivity index is 1.24. The molecule has 0 aliphatic carbocycles. The molecule has 188 valence electrons. The van der Waals surface area contributed by atoms with Gasteiger partial charge in [-0.1, -0.05) is 122 Å². The zero-order valence-electron chi connectivity index (χ0n) is 22.1. The van der Waals surface area contributed by atoms with Gasteiger partial charge in [0.15, 0.2) is 0 Å². The van der Waals surface area contributed by atoms with Crippen LogP contribution < -0.4 is 5.32 Å². The summed E-state index contributed by atoms with van der Waals surface area (Å²) in [5.74, 6) is 0. The van der Waals surface area contributed by atoms with Crippen molar-refractivity contribution < 1.29 is 0 Å². The number of anilines is 2. The molecule has 1 heteroatoms. The predicted molar refractivity (Wildman–Crippen MR) is 167 cm³/mol. The van der Waals surface area contributed by atoms with Gasteiger partial charge in [-0.15, -0.1) is 0 Å². The molecule has 6 aromatic carbocycles. The van der Waals surface area contributed by atoms with Crippen molar-refractivity contribution in [3.8, 4) is 44.5 Å².